The van der Waals surface area contributed by atoms with Gasteiger partial charge >= 0.3 is 0 Å². The van der Waals surface area contributed by atoms with Gasteiger partial charge in [0.05, 0.1) is 0 Å². The number of carbonyl (C=O) groups is 1. The molecule has 0 bridgehead atoms. The Morgan fingerprint density at radius 3 is 2.75 bits per heavy atom. The maximum Gasteiger partial charge on any atom is 0.130 e. The van der Waals surface area contributed by atoms with Gasteiger partial charge in [-0.15, -0.1) is 0 Å². The molecule has 1 N–H and O–H groups in total. The Kier molecular flexibility index (Phi) is 3.73. The second-order valence-electron chi connectivity index (χ2n) is 3.97. The monoisotopic (exact) mass is 169 g/mol. The third-order valence-corrected chi connectivity index (χ3v) is 2.82. The Labute approximate surface area is 74.7 Å². The van der Waals surface area contributed by atoms with E-state index >= 15 is 0 Å². The van der Waals surface area contributed by atoms with E-state index in [1.54, 1.807) is 6.92 Å². The zero-order chi connectivity index (χ0) is 8.97. The Hall–Kier alpha value is -0.370. The molecule has 0 radical (unpaired) electrons. The van der Waals surface area contributed by atoms with Gasteiger partial charge in [-0.2, -0.15) is 0 Å². The molecule has 2 nitrogen and oxygen atoms in total. The van der Waals surface area contributed by atoms with Gasteiger partial charge < -0.3 is 10.1 Å². The average molecular weight is 169 g/mol. The number of ketones is 1. The van der Waals surface area contributed by atoms with E-state index in [2.05, 4.69) is 12.2 Å². The normalized spacial score (nSPS) is 31.2. The molecule has 0 aliphatic carbocycles. The molecule has 2 heteroatoms. The lowest BCUT2D eigenvalue weighted by molar-refractivity contribution is -0.118. The van der Waals surface area contributed by atoms with Crippen molar-refractivity contribution in [2.75, 3.05) is 13.1 Å². The maximum atomic E-state index is 10.9. The molecule has 12 heavy (non-hydrogen) atoms. The van der Waals surface area contributed by atoms with Crippen molar-refractivity contribution >= 4 is 5.78 Å². The summed E-state index contributed by atoms with van der Waals surface area (Å²) in [4.78, 5) is 10.9. The van der Waals surface area contributed by atoms with Crippen molar-refractivity contribution in [2.45, 2.75) is 33.1 Å². The number of Topliss-reactive ketones (excluding diaryl/α,β-unsaturated/α-hetero) is 1. The first kappa shape index (κ1) is 9.72. The molecule has 2 unspecified atom stereocenters. The molecule has 0 aromatic rings. The van der Waals surface area contributed by atoms with Crippen LogP contribution in [0.15, 0.2) is 0 Å². The van der Waals surface area contributed by atoms with Crippen LogP contribution in [0.5, 0.6) is 0 Å². The van der Waals surface area contributed by atoms with Gasteiger partial charge in [-0.1, -0.05) is 6.92 Å². The van der Waals surface area contributed by atoms with Crippen LogP contribution in [0.3, 0.4) is 0 Å². The minimum Gasteiger partial charge on any atom is -0.317 e. The summed E-state index contributed by atoms with van der Waals surface area (Å²) in [5, 5.41) is 3.37. The Balaban J connectivity index is 2.41. The number of hydrogen-bond donors (Lipinski definition) is 1. The topological polar surface area (TPSA) is 29.1 Å². The second kappa shape index (κ2) is 4.61. The number of rotatable bonds is 2. The van der Waals surface area contributed by atoms with Crippen LogP contribution < -0.4 is 5.32 Å². The van der Waals surface area contributed by atoms with E-state index in [4.69, 9.17) is 0 Å². The second-order valence-corrected chi connectivity index (χ2v) is 3.97. The fourth-order valence-corrected chi connectivity index (χ4v) is 1.93. The Morgan fingerprint density at radius 2 is 2.08 bits per heavy atom. The molecule has 0 spiro atoms. The van der Waals surface area contributed by atoms with E-state index in [1.165, 1.54) is 12.8 Å². The van der Waals surface area contributed by atoms with Crippen molar-refractivity contribution in [2.24, 2.45) is 11.8 Å². The molecule has 1 rings (SSSR count). The third kappa shape index (κ3) is 2.94. The van der Waals surface area contributed by atoms with Crippen molar-refractivity contribution in [1.29, 1.82) is 0 Å². The van der Waals surface area contributed by atoms with Crippen LogP contribution >= 0.6 is 0 Å². The predicted molar refractivity (Wildman–Crippen MR) is 50.1 cm³/mol. The van der Waals surface area contributed by atoms with E-state index in [1.807, 2.05) is 0 Å². The van der Waals surface area contributed by atoms with Crippen LogP contribution in [0.4, 0.5) is 0 Å². The predicted octanol–water partition coefficient (Wildman–Crippen LogP) is 1.60. The molecule has 0 amide bonds. The van der Waals surface area contributed by atoms with Gasteiger partial charge in [0, 0.05) is 6.42 Å². The Morgan fingerprint density at radius 1 is 1.42 bits per heavy atom. The summed E-state index contributed by atoms with van der Waals surface area (Å²) in [6.45, 7) is 6.17. The Bertz CT molecular complexity index is 156. The van der Waals surface area contributed by atoms with Crippen LogP contribution in [-0.4, -0.2) is 18.9 Å². The summed E-state index contributed by atoms with van der Waals surface area (Å²) in [6.07, 6.45) is 3.17. The van der Waals surface area contributed by atoms with Gasteiger partial charge in [-0.05, 0) is 44.7 Å². The lowest BCUT2D eigenvalue weighted by Gasteiger charge is -2.18. The van der Waals surface area contributed by atoms with Gasteiger partial charge in [0.1, 0.15) is 5.78 Å². The minimum absolute atomic E-state index is 0.341. The number of carbonyl (C=O) groups excluding carboxylic acids is 1. The SMILES string of the molecule is CC(=O)CC1CCNCCC1C. The fraction of sp³-hybridized carbons (Fsp3) is 0.900. The van der Waals surface area contributed by atoms with Crippen molar-refractivity contribution in [1.82, 2.24) is 5.32 Å². The fourth-order valence-electron chi connectivity index (χ4n) is 1.93. The molecule has 70 valence electrons. The van der Waals surface area contributed by atoms with Crippen molar-refractivity contribution in [3.63, 3.8) is 0 Å². The lowest BCUT2D eigenvalue weighted by Crippen LogP contribution is -2.15. The van der Waals surface area contributed by atoms with Gasteiger partial charge in [0.25, 0.3) is 0 Å². The highest BCUT2D eigenvalue weighted by Gasteiger charge is 2.20. The van der Waals surface area contributed by atoms with Crippen LogP contribution in [-0.2, 0) is 4.79 Å². The molecular formula is C10H19NO. The quantitative estimate of drug-likeness (QED) is 0.680. The standard InChI is InChI=1S/C10H19NO/c1-8-3-5-11-6-4-10(8)7-9(2)12/h8,10-11H,3-7H2,1-2H3. The highest BCUT2D eigenvalue weighted by atomic mass is 16.1. The van der Waals surface area contributed by atoms with Gasteiger partial charge in [-0.3, -0.25) is 0 Å². The summed E-state index contributed by atoms with van der Waals surface area (Å²) >= 11 is 0. The average Bonchev–Trinajstić information content (AvgIpc) is 2.16. The summed E-state index contributed by atoms with van der Waals surface area (Å²) < 4.78 is 0. The van der Waals surface area contributed by atoms with Gasteiger partial charge in [0.15, 0.2) is 0 Å². The van der Waals surface area contributed by atoms with E-state index in [-0.39, 0.29) is 0 Å². The number of nitrogens with one attached hydrogen (secondary N) is 1. The minimum atomic E-state index is 0.341. The molecule has 2 atom stereocenters. The van der Waals surface area contributed by atoms with E-state index in [0.717, 1.165) is 19.5 Å². The highest BCUT2D eigenvalue weighted by Crippen LogP contribution is 2.24. The molecule has 1 saturated heterocycles. The zero-order valence-electron chi connectivity index (χ0n) is 8.10. The molecule has 1 aliphatic rings. The van der Waals surface area contributed by atoms with E-state index in [9.17, 15) is 4.79 Å². The summed E-state index contributed by atoms with van der Waals surface area (Å²) in [7, 11) is 0. The molecule has 0 aromatic carbocycles. The number of hydrogen-bond acceptors (Lipinski definition) is 2. The zero-order valence-corrected chi connectivity index (χ0v) is 8.10. The third-order valence-electron chi connectivity index (χ3n) is 2.82. The van der Waals surface area contributed by atoms with Crippen molar-refractivity contribution < 1.29 is 4.79 Å². The summed E-state index contributed by atoms with van der Waals surface area (Å²) in [6, 6.07) is 0. The first-order valence-electron chi connectivity index (χ1n) is 4.90. The lowest BCUT2D eigenvalue weighted by atomic mass is 9.86. The van der Waals surface area contributed by atoms with E-state index < -0.39 is 0 Å². The summed E-state index contributed by atoms with van der Waals surface area (Å²) in [5.74, 6) is 1.68. The first-order valence-corrected chi connectivity index (χ1v) is 4.90. The largest absolute Gasteiger partial charge is 0.317 e. The molecule has 1 fully saturated rings. The molecular weight excluding hydrogens is 150 g/mol. The molecule has 0 aromatic heterocycles. The molecule has 0 saturated carbocycles. The molecule has 1 aliphatic heterocycles. The van der Waals surface area contributed by atoms with Gasteiger partial charge in [-0.25, -0.2) is 0 Å². The molecule has 1 heterocycles. The van der Waals surface area contributed by atoms with Crippen LogP contribution in [0, 0.1) is 11.8 Å². The van der Waals surface area contributed by atoms with Crippen LogP contribution in [0.2, 0.25) is 0 Å². The first-order chi connectivity index (χ1) is 5.70. The smallest absolute Gasteiger partial charge is 0.130 e. The maximum absolute atomic E-state index is 10.9. The van der Waals surface area contributed by atoms with E-state index in [0.29, 0.717) is 17.6 Å². The summed E-state index contributed by atoms with van der Waals surface area (Å²) in [5.41, 5.74) is 0. The van der Waals surface area contributed by atoms with Crippen molar-refractivity contribution in [3.8, 4) is 0 Å². The highest BCUT2D eigenvalue weighted by molar-refractivity contribution is 5.75. The van der Waals surface area contributed by atoms with Gasteiger partial charge in [0.2, 0.25) is 0 Å². The van der Waals surface area contributed by atoms with Crippen molar-refractivity contribution in [3.05, 3.63) is 0 Å². The van der Waals surface area contributed by atoms with Crippen LogP contribution in [0.25, 0.3) is 0 Å². The van der Waals surface area contributed by atoms with Crippen LogP contribution in [0.1, 0.15) is 33.1 Å².